The van der Waals surface area contributed by atoms with Gasteiger partial charge in [-0.3, -0.25) is 9.59 Å². The summed E-state index contributed by atoms with van der Waals surface area (Å²) in [5.74, 6) is -6.62. The maximum atomic E-state index is 11.2. The summed E-state index contributed by atoms with van der Waals surface area (Å²) in [5.41, 5.74) is 6.96. The second-order valence-corrected chi connectivity index (χ2v) is 3.67. The molecule has 0 aliphatic heterocycles. The van der Waals surface area contributed by atoms with Crippen LogP contribution >= 0.6 is 0 Å². The average Bonchev–Trinajstić information content (AvgIpc) is 2.24. The molecular formula is C9H13N3O8. The molecule has 0 bridgehead atoms. The van der Waals surface area contributed by atoms with Gasteiger partial charge in [-0.05, 0) is 0 Å². The van der Waals surface area contributed by atoms with Crippen LogP contribution in [0.4, 0.5) is 0 Å². The SMILES string of the molecule is NC(N)=NCC(=O)OC(=O)CC(O)(CC(=O)O)C(=O)O. The van der Waals surface area contributed by atoms with Crippen molar-refractivity contribution in [3.63, 3.8) is 0 Å². The van der Waals surface area contributed by atoms with E-state index in [0.717, 1.165) is 0 Å². The quantitative estimate of drug-likeness (QED) is 0.139. The van der Waals surface area contributed by atoms with Gasteiger partial charge in [-0.15, -0.1) is 0 Å². The number of hydrogen-bond acceptors (Lipinski definition) is 7. The van der Waals surface area contributed by atoms with E-state index >= 15 is 0 Å². The number of carboxylic acids is 2. The Balaban J connectivity index is 4.63. The van der Waals surface area contributed by atoms with Gasteiger partial charge in [0.2, 0.25) is 0 Å². The number of carbonyl (C=O) groups excluding carboxylic acids is 2. The molecule has 0 aliphatic carbocycles. The molecule has 20 heavy (non-hydrogen) atoms. The van der Waals surface area contributed by atoms with Crippen molar-refractivity contribution in [3.8, 4) is 0 Å². The zero-order chi connectivity index (χ0) is 15.9. The van der Waals surface area contributed by atoms with E-state index < -0.39 is 54.8 Å². The molecule has 1 unspecified atom stereocenters. The van der Waals surface area contributed by atoms with Crippen LogP contribution in [-0.4, -0.2) is 57.3 Å². The van der Waals surface area contributed by atoms with Crippen LogP contribution in [0.25, 0.3) is 0 Å². The third-order valence-corrected chi connectivity index (χ3v) is 1.90. The number of nitrogens with two attached hydrogens (primary N) is 2. The van der Waals surface area contributed by atoms with Crippen LogP contribution in [-0.2, 0) is 23.9 Å². The van der Waals surface area contributed by atoms with Crippen molar-refractivity contribution in [1.29, 1.82) is 0 Å². The lowest BCUT2D eigenvalue weighted by molar-refractivity contribution is -0.174. The zero-order valence-electron chi connectivity index (χ0n) is 10.1. The molecule has 0 rings (SSSR count). The van der Waals surface area contributed by atoms with Gasteiger partial charge in [-0.1, -0.05) is 0 Å². The summed E-state index contributed by atoms with van der Waals surface area (Å²) < 4.78 is 4.12. The first-order chi connectivity index (χ1) is 9.06. The summed E-state index contributed by atoms with van der Waals surface area (Å²) in [5, 5.41) is 26.6. The van der Waals surface area contributed by atoms with Gasteiger partial charge in [0.15, 0.2) is 11.6 Å². The van der Waals surface area contributed by atoms with Crippen molar-refractivity contribution >= 4 is 29.8 Å². The predicted octanol–water partition coefficient (Wildman–Crippen LogP) is -2.99. The van der Waals surface area contributed by atoms with E-state index in [1.165, 1.54) is 0 Å². The first-order valence-electron chi connectivity index (χ1n) is 5.03. The van der Waals surface area contributed by atoms with Crippen molar-refractivity contribution in [2.45, 2.75) is 18.4 Å². The van der Waals surface area contributed by atoms with Crippen LogP contribution in [0.15, 0.2) is 4.99 Å². The lowest BCUT2D eigenvalue weighted by Crippen LogP contribution is -2.43. The smallest absolute Gasteiger partial charge is 0.336 e. The fraction of sp³-hybridized carbons (Fsp3) is 0.444. The van der Waals surface area contributed by atoms with Crippen molar-refractivity contribution in [1.82, 2.24) is 0 Å². The molecule has 0 saturated heterocycles. The molecule has 0 radical (unpaired) electrons. The van der Waals surface area contributed by atoms with Crippen LogP contribution in [0.5, 0.6) is 0 Å². The summed E-state index contributed by atoms with van der Waals surface area (Å²) in [7, 11) is 0. The third-order valence-electron chi connectivity index (χ3n) is 1.90. The van der Waals surface area contributed by atoms with Gasteiger partial charge >= 0.3 is 23.9 Å². The Bertz CT molecular complexity index is 456. The molecule has 7 N–H and O–H groups in total. The van der Waals surface area contributed by atoms with E-state index in [-0.39, 0.29) is 0 Å². The lowest BCUT2D eigenvalue weighted by Gasteiger charge is -2.19. The molecule has 11 nitrogen and oxygen atoms in total. The van der Waals surface area contributed by atoms with Crippen LogP contribution < -0.4 is 11.5 Å². The zero-order valence-corrected chi connectivity index (χ0v) is 10.1. The lowest BCUT2D eigenvalue weighted by atomic mass is 9.96. The molecule has 0 spiro atoms. The second kappa shape index (κ2) is 7.04. The molecule has 0 heterocycles. The first kappa shape index (κ1) is 17.3. The Hall–Kier alpha value is -2.69. The Morgan fingerprint density at radius 3 is 2.00 bits per heavy atom. The molecule has 0 amide bonds. The van der Waals surface area contributed by atoms with Crippen molar-refractivity contribution in [2.24, 2.45) is 16.5 Å². The highest BCUT2D eigenvalue weighted by molar-refractivity contribution is 5.93. The molecular weight excluding hydrogens is 278 g/mol. The number of hydrogen-bond donors (Lipinski definition) is 5. The van der Waals surface area contributed by atoms with Gasteiger partial charge in [-0.2, -0.15) is 0 Å². The highest BCUT2D eigenvalue weighted by atomic mass is 16.6. The summed E-state index contributed by atoms with van der Waals surface area (Å²) in [6.07, 6.45) is -2.46. The average molecular weight is 291 g/mol. The molecule has 0 aromatic carbocycles. The summed E-state index contributed by atoms with van der Waals surface area (Å²) in [6, 6.07) is 0. The minimum Gasteiger partial charge on any atom is -0.481 e. The molecule has 112 valence electrons. The Morgan fingerprint density at radius 1 is 1.05 bits per heavy atom. The standard InChI is InChI=1S/C9H13N3O8/c10-8(11)12-3-6(16)20-5(15)2-9(19,7(17)18)1-4(13)14/h19H,1-3H2,(H,13,14)(H,17,18)(H4,10,11,12). The van der Waals surface area contributed by atoms with Crippen LogP contribution in [0.2, 0.25) is 0 Å². The molecule has 0 aromatic rings. The van der Waals surface area contributed by atoms with Crippen LogP contribution in [0.1, 0.15) is 12.8 Å². The number of guanidine groups is 1. The number of esters is 2. The number of rotatable bonds is 7. The van der Waals surface area contributed by atoms with E-state index in [9.17, 15) is 24.3 Å². The van der Waals surface area contributed by atoms with Gasteiger partial charge in [0.1, 0.15) is 6.54 Å². The highest BCUT2D eigenvalue weighted by Gasteiger charge is 2.41. The second-order valence-electron chi connectivity index (χ2n) is 3.67. The van der Waals surface area contributed by atoms with Crippen molar-refractivity contribution in [3.05, 3.63) is 0 Å². The maximum absolute atomic E-state index is 11.2. The topological polar surface area (TPSA) is 203 Å². The monoisotopic (exact) mass is 291 g/mol. The molecule has 11 heteroatoms. The van der Waals surface area contributed by atoms with Crippen molar-refractivity contribution < 1.29 is 39.2 Å². The first-order valence-corrected chi connectivity index (χ1v) is 5.03. The summed E-state index contributed by atoms with van der Waals surface area (Å²) in [6.45, 7) is -0.682. The number of aliphatic imine (C=N–C) groups is 1. The molecule has 0 aliphatic rings. The van der Waals surface area contributed by atoms with E-state index in [0.29, 0.717) is 0 Å². The van der Waals surface area contributed by atoms with Gasteiger partial charge in [0.25, 0.3) is 0 Å². The van der Waals surface area contributed by atoms with Gasteiger partial charge in [0, 0.05) is 0 Å². The largest absolute Gasteiger partial charge is 0.481 e. The molecule has 0 aromatic heterocycles. The predicted molar refractivity (Wildman–Crippen MR) is 61.2 cm³/mol. The number of nitrogens with zero attached hydrogens (tertiary/aromatic N) is 1. The van der Waals surface area contributed by atoms with Crippen molar-refractivity contribution in [2.75, 3.05) is 6.54 Å². The van der Waals surface area contributed by atoms with Crippen LogP contribution in [0.3, 0.4) is 0 Å². The Labute approximate surface area is 111 Å². The van der Waals surface area contributed by atoms with E-state index in [1.54, 1.807) is 0 Å². The van der Waals surface area contributed by atoms with E-state index in [1.807, 2.05) is 0 Å². The number of ether oxygens (including phenoxy) is 1. The summed E-state index contributed by atoms with van der Waals surface area (Å²) >= 11 is 0. The maximum Gasteiger partial charge on any atom is 0.336 e. The van der Waals surface area contributed by atoms with E-state index in [2.05, 4.69) is 9.73 Å². The number of carboxylic acid groups (broad SMARTS) is 2. The Kier molecular flexibility index (Phi) is 6.09. The van der Waals surface area contributed by atoms with Gasteiger partial charge in [0.05, 0.1) is 12.8 Å². The summed E-state index contributed by atoms with van der Waals surface area (Å²) in [4.78, 5) is 46.6. The van der Waals surface area contributed by atoms with Gasteiger partial charge < -0.3 is 31.5 Å². The normalized spacial score (nSPS) is 12.8. The minimum absolute atomic E-state index is 0.428. The van der Waals surface area contributed by atoms with Gasteiger partial charge in [-0.25, -0.2) is 14.6 Å². The number of aliphatic carboxylic acids is 2. The number of carbonyl (C=O) groups is 4. The highest BCUT2D eigenvalue weighted by Crippen LogP contribution is 2.17. The van der Waals surface area contributed by atoms with E-state index in [4.69, 9.17) is 21.7 Å². The molecule has 0 fully saturated rings. The fourth-order valence-electron chi connectivity index (χ4n) is 1.05. The number of aliphatic hydroxyl groups is 1. The molecule has 1 atom stereocenters. The fourth-order valence-corrected chi connectivity index (χ4v) is 1.05. The van der Waals surface area contributed by atoms with Crippen LogP contribution in [0, 0.1) is 0 Å². The Morgan fingerprint density at radius 2 is 1.60 bits per heavy atom. The molecule has 0 saturated carbocycles. The minimum atomic E-state index is -2.88. The third kappa shape index (κ3) is 6.30.